The summed E-state index contributed by atoms with van der Waals surface area (Å²) in [5, 5.41) is 6.46. The van der Waals surface area contributed by atoms with Gasteiger partial charge in [-0.05, 0) is 23.4 Å². The van der Waals surface area contributed by atoms with Gasteiger partial charge in [-0.2, -0.15) is 31.8 Å². The van der Waals surface area contributed by atoms with Crippen molar-refractivity contribution in [1.82, 2.24) is 25.2 Å². The average molecular weight is 475 g/mol. The minimum absolute atomic E-state index is 0.0864. The van der Waals surface area contributed by atoms with Crippen LogP contribution in [-0.2, 0) is 26.4 Å². The van der Waals surface area contributed by atoms with Crippen molar-refractivity contribution in [3.05, 3.63) is 40.4 Å². The monoisotopic (exact) mass is 474 g/mol. The maximum atomic E-state index is 13.3. The van der Waals surface area contributed by atoms with Crippen molar-refractivity contribution in [1.29, 1.82) is 0 Å². The van der Waals surface area contributed by atoms with Gasteiger partial charge in [0.05, 0.1) is 17.3 Å². The lowest BCUT2D eigenvalue weighted by Gasteiger charge is -2.10. The van der Waals surface area contributed by atoms with E-state index in [0.717, 1.165) is 25.2 Å². The van der Waals surface area contributed by atoms with Gasteiger partial charge < -0.3 is 4.84 Å². The van der Waals surface area contributed by atoms with Gasteiger partial charge in [-0.1, -0.05) is 16.8 Å². The van der Waals surface area contributed by atoms with Crippen molar-refractivity contribution in [2.24, 2.45) is 4.99 Å². The fourth-order valence-electron chi connectivity index (χ4n) is 1.70. The molecule has 0 amide bonds. The number of benzene rings is 1. The number of aliphatic imine (C=N–C) groups is 1. The molecule has 30 heavy (non-hydrogen) atoms. The summed E-state index contributed by atoms with van der Waals surface area (Å²) in [5.74, 6) is -4.05. The van der Waals surface area contributed by atoms with Crippen LogP contribution in [0.25, 0.3) is 0 Å². The van der Waals surface area contributed by atoms with E-state index >= 15 is 0 Å². The number of nitrogens with one attached hydrogen (secondary N) is 3. The highest BCUT2D eigenvalue weighted by Gasteiger charge is 2.42. The zero-order chi connectivity index (χ0) is 22.5. The Morgan fingerprint density at radius 2 is 2.03 bits per heavy atom. The number of alkyl halides is 3. The molecule has 0 fully saturated rings. The van der Waals surface area contributed by atoms with Crippen molar-refractivity contribution in [3.8, 4) is 0 Å². The number of nitrogens with zero attached hydrogens (tertiary/aromatic N) is 3. The molecule has 3 N–H and O–H groups in total. The number of amidine groups is 1. The van der Waals surface area contributed by atoms with Crippen molar-refractivity contribution < 1.29 is 40.2 Å². The maximum absolute atomic E-state index is 13.3. The van der Waals surface area contributed by atoms with Crippen molar-refractivity contribution in [2.75, 3.05) is 7.05 Å². The molecule has 1 aromatic heterocycles. The van der Waals surface area contributed by atoms with Crippen LogP contribution in [0.15, 0.2) is 27.8 Å². The van der Waals surface area contributed by atoms with Gasteiger partial charge in [-0.15, -0.1) is 0 Å². The van der Waals surface area contributed by atoms with E-state index < -0.39 is 46.2 Å². The molecule has 0 bridgehead atoms. The molecule has 2 rings (SSSR count). The first-order chi connectivity index (χ1) is 13.9. The van der Waals surface area contributed by atoms with Gasteiger partial charge in [-0.3, -0.25) is 0 Å². The van der Waals surface area contributed by atoms with Crippen LogP contribution in [0, 0.1) is 5.82 Å². The summed E-state index contributed by atoms with van der Waals surface area (Å²) in [6.45, 7) is -0.528. The summed E-state index contributed by atoms with van der Waals surface area (Å²) in [4.78, 5) is 18.7. The highest BCUT2D eigenvalue weighted by atomic mass is 35.5. The quantitative estimate of drug-likeness (QED) is 0.244. The highest BCUT2D eigenvalue weighted by molar-refractivity contribution is 7.87. The molecule has 11 nitrogen and oxygen atoms in total. The average Bonchev–Trinajstić information content (AvgIpc) is 3.14. The molecule has 0 saturated carbocycles. The maximum Gasteiger partial charge on any atom is 0.493 e. The molecule has 0 aliphatic heterocycles. The molecule has 0 aliphatic rings. The Balaban J connectivity index is 2.39. The topological polar surface area (TPSA) is 148 Å². The van der Waals surface area contributed by atoms with Gasteiger partial charge in [0.2, 0.25) is 0 Å². The van der Waals surface area contributed by atoms with Crippen molar-refractivity contribution in [3.63, 3.8) is 0 Å². The third-order valence-electron chi connectivity index (χ3n) is 3.10. The van der Waals surface area contributed by atoms with E-state index in [-0.39, 0.29) is 16.4 Å². The molecule has 2 aromatic rings. The van der Waals surface area contributed by atoms with Crippen LogP contribution >= 0.6 is 11.6 Å². The van der Waals surface area contributed by atoms with Gasteiger partial charge in [0.1, 0.15) is 11.5 Å². The summed E-state index contributed by atoms with van der Waals surface area (Å²) in [5.41, 5.74) is 0.912. The molecule has 1 heterocycles. The van der Waals surface area contributed by atoms with Gasteiger partial charge in [0, 0.05) is 7.05 Å². The van der Waals surface area contributed by atoms with Gasteiger partial charge in [0.25, 0.3) is 10.2 Å². The highest BCUT2D eigenvalue weighted by Crippen LogP contribution is 2.22. The fraction of sp³-hybridized carbons (Fsp3) is 0.231. The second-order valence-electron chi connectivity index (χ2n) is 5.14. The van der Waals surface area contributed by atoms with E-state index in [9.17, 15) is 30.8 Å². The Labute approximate surface area is 170 Å². The van der Waals surface area contributed by atoms with E-state index in [1.165, 1.54) is 0 Å². The molecule has 0 spiro atoms. The van der Waals surface area contributed by atoms with Crippen molar-refractivity contribution >= 4 is 39.3 Å². The first-order valence-electron chi connectivity index (χ1n) is 7.50. The molecule has 0 radical (unpaired) electrons. The predicted molar refractivity (Wildman–Crippen MR) is 92.0 cm³/mol. The number of aromatic nitrogens is 2. The Hall–Kier alpha value is -2.82. The summed E-state index contributed by atoms with van der Waals surface area (Å²) in [7, 11) is -2.80. The van der Waals surface area contributed by atoms with Crippen LogP contribution in [-0.4, -0.2) is 43.8 Å². The van der Waals surface area contributed by atoms with E-state index in [1.54, 1.807) is 5.48 Å². The summed E-state index contributed by atoms with van der Waals surface area (Å²) < 4.78 is 81.9. The van der Waals surface area contributed by atoms with Crippen LogP contribution in [0.2, 0.25) is 5.02 Å². The number of rotatable bonds is 6. The van der Waals surface area contributed by atoms with E-state index in [2.05, 4.69) is 24.8 Å². The van der Waals surface area contributed by atoms with Crippen LogP contribution < -0.4 is 14.9 Å². The number of carbonyl (C=O) groups excluding carboxylic acids is 1. The van der Waals surface area contributed by atoms with Gasteiger partial charge in [-0.25, -0.2) is 23.5 Å². The standard InChI is InChI=1S/C13H11ClF4N6O5S/c1-19-30(26,27)20-5-9-10(23-29-22-9)11(24-28-12(25)13(16,17)18)21-6-2-3-8(15)7(14)4-6/h2-4,19-20H,5H2,1H3,(H,21,24). The lowest BCUT2D eigenvalue weighted by molar-refractivity contribution is -0.203. The zero-order valence-corrected chi connectivity index (χ0v) is 16.2. The van der Waals surface area contributed by atoms with Crippen LogP contribution in [0.5, 0.6) is 0 Å². The molecule has 164 valence electrons. The summed E-state index contributed by atoms with van der Waals surface area (Å²) >= 11 is 5.63. The van der Waals surface area contributed by atoms with Gasteiger partial charge >= 0.3 is 12.1 Å². The normalized spacial score (nSPS) is 12.7. The first-order valence-corrected chi connectivity index (χ1v) is 9.36. The van der Waals surface area contributed by atoms with E-state index in [0.29, 0.717) is 0 Å². The zero-order valence-electron chi connectivity index (χ0n) is 14.6. The lowest BCUT2D eigenvalue weighted by Crippen LogP contribution is -2.36. The van der Waals surface area contributed by atoms with Crippen LogP contribution in [0.1, 0.15) is 11.4 Å². The number of halogens is 5. The van der Waals surface area contributed by atoms with E-state index in [1.807, 2.05) is 9.44 Å². The predicted octanol–water partition coefficient (Wildman–Crippen LogP) is 1.10. The fourth-order valence-corrected chi connectivity index (χ4v) is 2.34. The van der Waals surface area contributed by atoms with Crippen molar-refractivity contribution in [2.45, 2.75) is 12.7 Å². The second kappa shape index (κ2) is 9.33. The molecule has 0 atom stereocenters. The molecular weight excluding hydrogens is 464 g/mol. The van der Waals surface area contributed by atoms with Crippen LogP contribution in [0.4, 0.5) is 23.2 Å². The largest absolute Gasteiger partial charge is 0.493 e. The Morgan fingerprint density at radius 3 is 2.63 bits per heavy atom. The van der Waals surface area contributed by atoms with E-state index in [4.69, 9.17) is 11.6 Å². The number of hydrogen-bond acceptors (Lipinski definition) is 8. The Bertz CT molecular complexity index is 1060. The van der Waals surface area contributed by atoms with Crippen LogP contribution in [0.3, 0.4) is 0 Å². The molecule has 0 unspecified atom stereocenters. The second-order valence-corrected chi connectivity index (χ2v) is 7.25. The molecule has 0 saturated heterocycles. The summed E-state index contributed by atoms with van der Waals surface area (Å²) in [6, 6.07) is 3.04. The SMILES string of the molecule is CNS(=O)(=O)NCc1nonc1C(=Nc1ccc(F)c(Cl)c1)NOC(=O)C(F)(F)F. The number of hydroxylamine groups is 1. The summed E-state index contributed by atoms with van der Waals surface area (Å²) in [6.07, 6.45) is -5.33. The number of carbonyl (C=O) groups is 1. The number of hydrogen-bond donors (Lipinski definition) is 3. The molecular formula is C13H11ClF4N6O5S. The third kappa shape index (κ3) is 6.34. The first kappa shape index (κ1) is 23.5. The minimum Gasteiger partial charge on any atom is -0.333 e. The molecule has 0 aliphatic carbocycles. The van der Waals surface area contributed by atoms with Gasteiger partial charge in [0.15, 0.2) is 11.5 Å². The lowest BCUT2D eigenvalue weighted by atomic mass is 10.3. The molecule has 17 heteroatoms. The third-order valence-corrected chi connectivity index (χ3v) is 4.45. The smallest absolute Gasteiger partial charge is 0.333 e. The minimum atomic E-state index is -5.33. The Kier molecular flexibility index (Phi) is 7.30. The Morgan fingerprint density at radius 1 is 1.33 bits per heavy atom. The molecule has 1 aromatic carbocycles.